The molecule has 3 nitrogen and oxygen atoms in total. The maximum atomic E-state index is 12.4. The van der Waals surface area contributed by atoms with Gasteiger partial charge in [-0.2, -0.15) is 0 Å². The second-order valence-corrected chi connectivity index (χ2v) is 6.09. The molecule has 0 bridgehead atoms. The summed E-state index contributed by atoms with van der Waals surface area (Å²) in [5.41, 5.74) is 1.28. The Morgan fingerprint density at radius 3 is 2.68 bits per heavy atom. The third-order valence-electron chi connectivity index (χ3n) is 2.68. The molecule has 1 amide bonds. The number of hydrogen-bond acceptors (Lipinski definition) is 2. The number of nitrogens with zero attached hydrogens (tertiary/aromatic N) is 1. The fraction of sp³-hybridized carbons (Fsp3) is 0.0714. The van der Waals surface area contributed by atoms with Crippen molar-refractivity contribution in [3.8, 4) is 5.75 Å². The third-order valence-corrected chi connectivity index (χ3v) is 4.11. The molecule has 0 aliphatic rings. The molecule has 2 rings (SSSR count). The molecule has 0 spiro atoms. The van der Waals surface area contributed by atoms with Gasteiger partial charge in [-0.1, -0.05) is 22.0 Å². The molecular weight excluding hydrogens is 421 g/mol. The number of rotatable bonds is 2. The first-order valence-corrected chi connectivity index (χ1v) is 7.38. The third kappa shape index (κ3) is 3.27. The standard InChI is InChI=1S/C14H11BrINO2/c1-17(10-3-2-4-11(18)8-10)14(19)12-7-9(15)5-6-13(12)16/h2-8,18H,1H3. The Morgan fingerprint density at radius 2 is 2.00 bits per heavy atom. The van der Waals surface area contributed by atoms with Crippen LogP contribution < -0.4 is 4.90 Å². The lowest BCUT2D eigenvalue weighted by Gasteiger charge is -2.18. The van der Waals surface area contributed by atoms with Crippen LogP contribution in [0.1, 0.15) is 10.4 Å². The Morgan fingerprint density at radius 1 is 1.26 bits per heavy atom. The first-order valence-electron chi connectivity index (χ1n) is 5.51. The molecule has 2 aromatic rings. The monoisotopic (exact) mass is 431 g/mol. The van der Waals surface area contributed by atoms with Gasteiger partial charge in [0.05, 0.1) is 5.56 Å². The number of carbonyl (C=O) groups is 1. The summed E-state index contributed by atoms with van der Waals surface area (Å²) in [4.78, 5) is 14.0. The van der Waals surface area contributed by atoms with Gasteiger partial charge in [-0.15, -0.1) is 0 Å². The maximum absolute atomic E-state index is 12.4. The summed E-state index contributed by atoms with van der Waals surface area (Å²) in [6.45, 7) is 0. The lowest BCUT2D eigenvalue weighted by molar-refractivity contribution is 0.0992. The van der Waals surface area contributed by atoms with Gasteiger partial charge in [-0.25, -0.2) is 0 Å². The largest absolute Gasteiger partial charge is 0.508 e. The second-order valence-electron chi connectivity index (χ2n) is 4.01. The molecule has 0 fully saturated rings. The minimum Gasteiger partial charge on any atom is -0.508 e. The van der Waals surface area contributed by atoms with Gasteiger partial charge in [-0.05, 0) is 52.9 Å². The summed E-state index contributed by atoms with van der Waals surface area (Å²) in [6.07, 6.45) is 0. The van der Waals surface area contributed by atoms with E-state index in [-0.39, 0.29) is 11.7 Å². The van der Waals surface area contributed by atoms with E-state index < -0.39 is 0 Å². The average molecular weight is 432 g/mol. The van der Waals surface area contributed by atoms with Crippen molar-refractivity contribution in [2.24, 2.45) is 0 Å². The number of carbonyl (C=O) groups excluding carboxylic acids is 1. The molecule has 5 heteroatoms. The molecule has 0 saturated carbocycles. The molecule has 1 N–H and O–H groups in total. The van der Waals surface area contributed by atoms with Gasteiger partial charge in [0.15, 0.2) is 0 Å². The van der Waals surface area contributed by atoms with Crippen LogP contribution in [0.2, 0.25) is 0 Å². The van der Waals surface area contributed by atoms with Crippen LogP contribution >= 0.6 is 38.5 Å². The van der Waals surface area contributed by atoms with Crippen molar-refractivity contribution in [1.82, 2.24) is 0 Å². The molecule has 98 valence electrons. The molecule has 2 aromatic carbocycles. The van der Waals surface area contributed by atoms with Gasteiger partial charge in [-0.3, -0.25) is 4.79 Å². The van der Waals surface area contributed by atoms with Crippen LogP contribution in [-0.2, 0) is 0 Å². The predicted octanol–water partition coefficient (Wildman–Crippen LogP) is 4.04. The molecule has 19 heavy (non-hydrogen) atoms. The van der Waals surface area contributed by atoms with E-state index in [0.29, 0.717) is 11.3 Å². The van der Waals surface area contributed by atoms with E-state index in [2.05, 4.69) is 38.5 Å². The van der Waals surface area contributed by atoms with Crippen molar-refractivity contribution < 1.29 is 9.90 Å². The van der Waals surface area contributed by atoms with Crippen molar-refractivity contribution in [3.63, 3.8) is 0 Å². The zero-order chi connectivity index (χ0) is 14.0. The van der Waals surface area contributed by atoms with Gasteiger partial charge < -0.3 is 10.0 Å². The van der Waals surface area contributed by atoms with Crippen LogP contribution in [0.5, 0.6) is 5.75 Å². The Hall–Kier alpha value is -1.08. The van der Waals surface area contributed by atoms with Gasteiger partial charge in [0.25, 0.3) is 5.91 Å². The molecule has 0 aromatic heterocycles. The van der Waals surface area contributed by atoms with Crippen molar-refractivity contribution in [3.05, 3.63) is 56.1 Å². The van der Waals surface area contributed by atoms with Gasteiger partial charge in [0, 0.05) is 26.8 Å². The first kappa shape index (κ1) is 14.3. The molecular formula is C14H11BrINO2. The van der Waals surface area contributed by atoms with Crippen LogP contribution in [0.3, 0.4) is 0 Å². The number of benzene rings is 2. The Bertz CT molecular complexity index is 631. The van der Waals surface area contributed by atoms with E-state index in [1.807, 2.05) is 12.1 Å². The summed E-state index contributed by atoms with van der Waals surface area (Å²) < 4.78 is 1.75. The molecule has 0 saturated heterocycles. The Balaban J connectivity index is 2.36. The second kappa shape index (κ2) is 5.92. The van der Waals surface area contributed by atoms with E-state index >= 15 is 0 Å². The van der Waals surface area contributed by atoms with E-state index in [1.165, 1.54) is 4.90 Å². The van der Waals surface area contributed by atoms with Crippen LogP contribution in [0.25, 0.3) is 0 Å². The summed E-state index contributed by atoms with van der Waals surface area (Å²) >= 11 is 5.50. The zero-order valence-corrected chi connectivity index (χ0v) is 13.8. The highest BCUT2D eigenvalue weighted by Gasteiger charge is 2.16. The number of amides is 1. The average Bonchev–Trinajstić information content (AvgIpc) is 2.40. The molecule has 0 aliphatic heterocycles. The summed E-state index contributed by atoms with van der Waals surface area (Å²) in [5, 5.41) is 9.47. The maximum Gasteiger partial charge on any atom is 0.259 e. The number of aromatic hydroxyl groups is 1. The minimum absolute atomic E-state index is 0.115. The fourth-order valence-corrected chi connectivity index (χ4v) is 2.59. The minimum atomic E-state index is -0.115. The van der Waals surface area contributed by atoms with Crippen molar-refractivity contribution in [2.45, 2.75) is 0 Å². The zero-order valence-electron chi connectivity index (χ0n) is 10.1. The van der Waals surface area contributed by atoms with Gasteiger partial charge in [0.2, 0.25) is 0 Å². The van der Waals surface area contributed by atoms with E-state index in [0.717, 1.165) is 8.04 Å². The number of hydrogen-bond donors (Lipinski definition) is 1. The van der Waals surface area contributed by atoms with Crippen LogP contribution in [0, 0.1) is 3.57 Å². The first-order chi connectivity index (χ1) is 8.99. The summed E-state index contributed by atoms with van der Waals surface area (Å²) in [5.74, 6) is 0.0254. The van der Waals surface area contributed by atoms with E-state index in [1.54, 1.807) is 37.4 Å². The van der Waals surface area contributed by atoms with Crippen molar-refractivity contribution in [1.29, 1.82) is 0 Å². The van der Waals surface area contributed by atoms with Gasteiger partial charge in [0.1, 0.15) is 5.75 Å². The van der Waals surface area contributed by atoms with Crippen LogP contribution in [0.15, 0.2) is 46.9 Å². The molecule has 0 heterocycles. The summed E-state index contributed by atoms with van der Waals surface area (Å²) in [6, 6.07) is 12.2. The Labute approximate surface area is 133 Å². The van der Waals surface area contributed by atoms with Gasteiger partial charge >= 0.3 is 0 Å². The quantitative estimate of drug-likeness (QED) is 0.729. The van der Waals surface area contributed by atoms with Crippen LogP contribution in [0.4, 0.5) is 5.69 Å². The van der Waals surface area contributed by atoms with Crippen LogP contribution in [-0.4, -0.2) is 18.1 Å². The fourth-order valence-electron chi connectivity index (χ4n) is 1.66. The highest BCUT2D eigenvalue weighted by molar-refractivity contribution is 14.1. The molecule has 0 atom stereocenters. The smallest absolute Gasteiger partial charge is 0.259 e. The lowest BCUT2D eigenvalue weighted by Crippen LogP contribution is -2.26. The normalized spacial score (nSPS) is 10.3. The topological polar surface area (TPSA) is 40.5 Å². The highest BCUT2D eigenvalue weighted by Crippen LogP contribution is 2.24. The molecule has 0 radical (unpaired) electrons. The summed E-state index contributed by atoms with van der Waals surface area (Å²) in [7, 11) is 1.69. The number of phenols is 1. The van der Waals surface area contributed by atoms with Crippen molar-refractivity contribution in [2.75, 3.05) is 11.9 Å². The number of anilines is 1. The lowest BCUT2D eigenvalue weighted by atomic mass is 10.2. The van der Waals surface area contributed by atoms with E-state index in [4.69, 9.17) is 0 Å². The number of phenolic OH excluding ortho intramolecular Hbond substituents is 1. The molecule has 0 aliphatic carbocycles. The molecule has 0 unspecified atom stereocenters. The highest BCUT2D eigenvalue weighted by atomic mass is 127. The van der Waals surface area contributed by atoms with E-state index in [9.17, 15) is 9.90 Å². The van der Waals surface area contributed by atoms with Crippen molar-refractivity contribution >= 4 is 50.1 Å². The predicted molar refractivity (Wildman–Crippen MR) is 87.7 cm³/mol. The SMILES string of the molecule is CN(C(=O)c1cc(Br)ccc1I)c1cccc(O)c1. The Kier molecular flexibility index (Phi) is 4.46. The number of halogens is 2.